The van der Waals surface area contributed by atoms with Crippen molar-refractivity contribution in [1.82, 2.24) is 15.1 Å². The summed E-state index contributed by atoms with van der Waals surface area (Å²) in [5, 5.41) is 10.6. The van der Waals surface area contributed by atoms with E-state index in [2.05, 4.69) is 15.5 Å². The number of carbonyl (C=O) groups excluding carboxylic acids is 1. The van der Waals surface area contributed by atoms with Crippen molar-refractivity contribution >= 4 is 11.7 Å². The molecule has 0 bridgehead atoms. The molecule has 0 aliphatic carbocycles. The summed E-state index contributed by atoms with van der Waals surface area (Å²) in [5.74, 6) is 1.29. The second-order valence-corrected chi connectivity index (χ2v) is 5.52. The first-order chi connectivity index (χ1) is 11.7. The number of likely N-dealkylation sites (tertiary alicyclic amines) is 1. The standard InChI is InChI=1S/C17H20N4O3/c1-23-14-6-4-13(5-7-14)19-17(22)21-11-8-15(9-12-21)24-16-3-2-10-18-20-16/h2-7,10,15H,8-9,11-12H2,1H3,(H,19,22). The van der Waals surface area contributed by atoms with E-state index >= 15 is 0 Å². The lowest BCUT2D eigenvalue weighted by molar-refractivity contribution is 0.110. The number of amides is 2. The first-order valence-electron chi connectivity index (χ1n) is 7.89. The predicted octanol–water partition coefficient (Wildman–Crippen LogP) is 2.56. The molecule has 2 aromatic rings. The summed E-state index contributed by atoms with van der Waals surface area (Å²) in [6, 6.07) is 10.8. The minimum atomic E-state index is -0.0990. The van der Waals surface area contributed by atoms with Crippen molar-refractivity contribution in [3.63, 3.8) is 0 Å². The molecule has 7 heteroatoms. The van der Waals surface area contributed by atoms with Crippen LogP contribution in [0.3, 0.4) is 0 Å². The van der Waals surface area contributed by atoms with E-state index in [1.165, 1.54) is 0 Å². The van der Waals surface area contributed by atoms with Gasteiger partial charge in [0, 0.05) is 43.9 Å². The fourth-order valence-electron chi connectivity index (χ4n) is 2.57. The molecule has 1 aliphatic heterocycles. The number of methoxy groups -OCH3 is 1. The van der Waals surface area contributed by atoms with E-state index in [0.29, 0.717) is 19.0 Å². The van der Waals surface area contributed by atoms with Gasteiger partial charge in [0.05, 0.1) is 7.11 Å². The summed E-state index contributed by atoms with van der Waals surface area (Å²) in [4.78, 5) is 14.1. The van der Waals surface area contributed by atoms with E-state index in [1.54, 1.807) is 30.3 Å². The SMILES string of the molecule is COc1ccc(NC(=O)N2CCC(Oc3cccnn3)CC2)cc1. The number of ether oxygens (including phenoxy) is 2. The first kappa shape index (κ1) is 16.0. The van der Waals surface area contributed by atoms with Crippen molar-refractivity contribution in [2.24, 2.45) is 0 Å². The van der Waals surface area contributed by atoms with Gasteiger partial charge in [-0.2, -0.15) is 5.10 Å². The Labute approximate surface area is 140 Å². The number of hydrogen-bond acceptors (Lipinski definition) is 5. The number of nitrogens with zero attached hydrogens (tertiary/aromatic N) is 3. The lowest BCUT2D eigenvalue weighted by Gasteiger charge is -2.31. The van der Waals surface area contributed by atoms with Gasteiger partial charge in [-0.1, -0.05) is 0 Å². The smallest absolute Gasteiger partial charge is 0.321 e. The maximum absolute atomic E-state index is 12.3. The second kappa shape index (κ2) is 7.63. The lowest BCUT2D eigenvalue weighted by Crippen LogP contribution is -2.43. The largest absolute Gasteiger partial charge is 0.497 e. The Morgan fingerprint density at radius 2 is 1.96 bits per heavy atom. The molecule has 1 saturated heterocycles. The maximum atomic E-state index is 12.3. The Morgan fingerprint density at radius 3 is 2.58 bits per heavy atom. The van der Waals surface area contributed by atoms with Crippen LogP contribution in [0.4, 0.5) is 10.5 Å². The number of piperidine rings is 1. The van der Waals surface area contributed by atoms with Gasteiger partial charge in [-0.3, -0.25) is 0 Å². The van der Waals surface area contributed by atoms with Gasteiger partial charge in [0.2, 0.25) is 5.88 Å². The van der Waals surface area contributed by atoms with E-state index in [0.717, 1.165) is 24.3 Å². The zero-order valence-corrected chi connectivity index (χ0v) is 13.5. The molecule has 126 valence electrons. The highest BCUT2D eigenvalue weighted by Gasteiger charge is 2.24. The Balaban J connectivity index is 1.47. The summed E-state index contributed by atoms with van der Waals surface area (Å²) >= 11 is 0. The Morgan fingerprint density at radius 1 is 1.21 bits per heavy atom. The van der Waals surface area contributed by atoms with Crippen LogP contribution in [0.2, 0.25) is 0 Å². The molecule has 0 saturated carbocycles. The number of carbonyl (C=O) groups is 1. The zero-order chi connectivity index (χ0) is 16.8. The highest BCUT2D eigenvalue weighted by Crippen LogP contribution is 2.19. The number of rotatable bonds is 4. The summed E-state index contributed by atoms with van der Waals surface area (Å²) in [6.07, 6.45) is 3.21. The zero-order valence-electron chi connectivity index (χ0n) is 13.5. The Kier molecular flexibility index (Phi) is 5.10. The van der Waals surface area contributed by atoms with E-state index in [1.807, 2.05) is 24.3 Å². The Hall–Kier alpha value is -2.83. The third-order valence-electron chi connectivity index (χ3n) is 3.91. The fourth-order valence-corrected chi connectivity index (χ4v) is 2.57. The van der Waals surface area contributed by atoms with Crippen molar-refractivity contribution in [1.29, 1.82) is 0 Å². The summed E-state index contributed by atoms with van der Waals surface area (Å²) in [7, 11) is 1.61. The molecule has 0 unspecified atom stereocenters. The number of hydrogen-bond donors (Lipinski definition) is 1. The molecule has 2 heterocycles. The van der Waals surface area contributed by atoms with Crippen LogP contribution in [0.25, 0.3) is 0 Å². The topological polar surface area (TPSA) is 76.6 Å². The van der Waals surface area contributed by atoms with Crippen LogP contribution in [0.15, 0.2) is 42.6 Å². The van der Waals surface area contributed by atoms with Gasteiger partial charge in [0.1, 0.15) is 11.9 Å². The molecule has 1 fully saturated rings. The minimum Gasteiger partial charge on any atom is -0.497 e. The minimum absolute atomic E-state index is 0.0618. The van der Waals surface area contributed by atoms with Crippen LogP contribution >= 0.6 is 0 Å². The van der Waals surface area contributed by atoms with Gasteiger partial charge in [-0.25, -0.2) is 4.79 Å². The average Bonchev–Trinajstić information content (AvgIpc) is 2.64. The molecule has 0 atom stereocenters. The molecule has 1 aliphatic rings. The predicted molar refractivity (Wildman–Crippen MR) is 89.3 cm³/mol. The van der Waals surface area contributed by atoms with Gasteiger partial charge in [-0.05, 0) is 30.3 Å². The molecule has 0 radical (unpaired) electrons. The molecule has 3 rings (SSSR count). The van der Waals surface area contributed by atoms with Crippen molar-refractivity contribution in [3.05, 3.63) is 42.6 Å². The third kappa shape index (κ3) is 4.13. The van der Waals surface area contributed by atoms with Crippen molar-refractivity contribution < 1.29 is 14.3 Å². The number of anilines is 1. The normalized spacial score (nSPS) is 15.0. The summed E-state index contributed by atoms with van der Waals surface area (Å²) in [6.45, 7) is 1.29. The summed E-state index contributed by atoms with van der Waals surface area (Å²) in [5.41, 5.74) is 0.749. The van der Waals surface area contributed by atoms with Gasteiger partial charge in [0.15, 0.2) is 0 Å². The molecule has 1 N–H and O–H groups in total. The Bertz CT molecular complexity index is 655. The monoisotopic (exact) mass is 328 g/mol. The number of nitrogens with one attached hydrogen (secondary N) is 1. The second-order valence-electron chi connectivity index (χ2n) is 5.52. The molecular weight excluding hydrogens is 308 g/mol. The highest BCUT2D eigenvalue weighted by atomic mass is 16.5. The van der Waals surface area contributed by atoms with Crippen molar-refractivity contribution in [3.8, 4) is 11.6 Å². The molecule has 7 nitrogen and oxygen atoms in total. The average molecular weight is 328 g/mol. The van der Waals surface area contributed by atoms with Crippen LogP contribution in [0.5, 0.6) is 11.6 Å². The molecular formula is C17H20N4O3. The van der Waals surface area contributed by atoms with Gasteiger partial charge >= 0.3 is 6.03 Å². The van der Waals surface area contributed by atoms with Gasteiger partial charge < -0.3 is 19.7 Å². The number of urea groups is 1. The molecule has 1 aromatic heterocycles. The summed E-state index contributed by atoms with van der Waals surface area (Å²) < 4.78 is 10.9. The van der Waals surface area contributed by atoms with E-state index in [4.69, 9.17) is 9.47 Å². The lowest BCUT2D eigenvalue weighted by atomic mass is 10.1. The van der Waals surface area contributed by atoms with Gasteiger partial charge in [-0.15, -0.1) is 5.10 Å². The van der Waals surface area contributed by atoms with Crippen LogP contribution in [-0.2, 0) is 0 Å². The van der Waals surface area contributed by atoms with E-state index in [9.17, 15) is 4.79 Å². The fraction of sp³-hybridized carbons (Fsp3) is 0.353. The van der Waals surface area contributed by atoms with Crippen LogP contribution in [0.1, 0.15) is 12.8 Å². The highest BCUT2D eigenvalue weighted by molar-refractivity contribution is 5.89. The third-order valence-corrected chi connectivity index (χ3v) is 3.91. The van der Waals surface area contributed by atoms with E-state index < -0.39 is 0 Å². The number of aromatic nitrogens is 2. The van der Waals surface area contributed by atoms with Crippen LogP contribution < -0.4 is 14.8 Å². The van der Waals surface area contributed by atoms with E-state index in [-0.39, 0.29) is 12.1 Å². The van der Waals surface area contributed by atoms with Gasteiger partial charge in [0.25, 0.3) is 0 Å². The maximum Gasteiger partial charge on any atom is 0.321 e. The van der Waals surface area contributed by atoms with Crippen LogP contribution in [0, 0.1) is 0 Å². The quantitative estimate of drug-likeness (QED) is 0.933. The molecule has 0 spiro atoms. The van der Waals surface area contributed by atoms with Crippen LogP contribution in [-0.4, -0.2) is 47.4 Å². The van der Waals surface area contributed by atoms with Crippen molar-refractivity contribution in [2.45, 2.75) is 18.9 Å². The molecule has 24 heavy (non-hydrogen) atoms. The first-order valence-corrected chi connectivity index (χ1v) is 7.89. The molecule has 1 aromatic carbocycles. The molecule has 2 amide bonds. The van der Waals surface area contributed by atoms with Crippen molar-refractivity contribution in [2.75, 3.05) is 25.5 Å². The number of benzene rings is 1.